The summed E-state index contributed by atoms with van der Waals surface area (Å²) in [5, 5.41) is 16.4. The third-order valence-corrected chi connectivity index (χ3v) is 5.00. The number of aliphatic hydroxyl groups is 1. The number of benzene rings is 2. The number of para-hydroxylation sites is 2. The van der Waals surface area contributed by atoms with Gasteiger partial charge in [0.1, 0.15) is 5.82 Å². The van der Waals surface area contributed by atoms with Gasteiger partial charge >= 0.3 is 0 Å². The standard InChI is InChI=1S/C23H31N5O/c1-3-24-23(26-16-20(17-29)19-10-5-4-6-11-19)25-14-9-15-28-18(2)27-21-12-7-8-13-22(21)28/h4-8,10-13,20,29H,3,9,14-17H2,1-2H3,(H2,24,25,26). The molecule has 0 aliphatic heterocycles. The number of aryl methyl sites for hydroxylation is 2. The molecule has 0 aliphatic rings. The van der Waals surface area contributed by atoms with Crippen LogP contribution in [0.2, 0.25) is 0 Å². The van der Waals surface area contributed by atoms with Crippen LogP contribution in [0.5, 0.6) is 0 Å². The highest BCUT2D eigenvalue weighted by Gasteiger charge is 2.10. The van der Waals surface area contributed by atoms with Crippen molar-refractivity contribution in [3.8, 4) is 0 Å². The maximum Gasteiger partial charge on any atom is 0.191 e. The van der Waals surface area contributed by atoms with Gasteiger partial charge in [-0.15, -0.1) is 0 Å². The molecule has 6 nitrogen and oxygen atoms in total. The van der Waals surface area contributed by atoms with Gasteiger partial charge in [-0.3, -0.25) is 4.99 Å². The van der Waals surface area contributed by atoms with Gasteiger partial charge in [-0.25, -0.2) is 4.98 Å². The first-order chi connectivity index (χ1) is 14.2. The lowest BCUT2D eigenvalue weighted by Gasteiger charge is -2.15. The van der Waals surface area contributed by atoms with Gasteiger partial charge < -0.3 is 20.3 Å². The Morgan fingerprint density at radius 1 is 1.10 bits per heavy atom. The van der Waals surface area contributed by atoms with E-state index >= 15 is 0 Å². The molecule has 0 fully saturated rings. The Bertz CT molecular complexity index is 919. The van der Waals surface area contributed by atoms with E-state index in [9.17, 15) is 5.11 Å². The van der Waals surface area contributed by atoms with Crippen molar-refractivity contribution in [2.75, 3.05) is 26.2 Å². The van der Waals surface area contributed by atoms with Gasteiger partial charge in [0.25, 0.3) is 0 Å². The van der Waals surface area contributed by atoms with Crippen LogP contribution in [0.1, 0.15) is 30.7 Å². The quantitative estimate of drug-likeness (QED) is 0.297. The van der Waals surface area contributed by atoms with Gasteiger partial charge in [0, 0.05) is 25.6 Å². The number of hydrogen-bond donors (Lipinski definition) is 3. The molecular formula is C23H31N5O. The molecule has 2 aromatic carbocycles. The van der Waals surface area contributed by atoms with Crippen LogP contribution in [0.4, 0.5) is 0 Å². The van der Waals surface area contributed by atoms with E-state index in [2.05, 4.69) is 57.2 Å². The third-order valence-electron chi connectivity index (χ3n) is 5.00. The molecule has 3 aromatic rings. The van der Waals surface area contributed by atoms with Crippen LogP contribution >= 0.6 is 0 Å². The second-order valence-corrected chi connectivity index (χ2v) is 7.09. The normalized spacial score (nSPS) is 12.9. The summed E-state index contributed by atoms with van der Waals surface area (Å²) < 4.78 is 2.26. The number of aliphatic imine (C=N–C) groups is 1. The van der Waals surface area contributed by atoms with E-state index in [1.807, 2.05) is 36.4 Å². The van der Waals surface area contributed by atoms with Crippen LogP contribution < -0.4 is 10.6 Å². The van der Waals surface area contributed by atoms with E-state index in [1.54, 1.807) is 0 Å². The predicted molar refractivity (Wildman–Crippen MR) is 119 cm³/mol. The first-order valence-electron chi connectivity index (χ1n) is 10.3. The number of aliphatic hydroxyl groups excluding tert-OH is 1. The Balaban J connectivity index is 1.55. The van der Waals surface area contributed by atoms with Crippen LogP contribution in [0.25, 0.3) is 11.0 Å². The van der Waals surface area contributed by atoms with Crippen LogP contribution in [0, 0.1) is 6.92 Å². The molecule has 29 heavy (non-hydrogen) atoms. The fourth-order valence-electron chi connectivity index (χ4n) is 3.46. The number of guanidine groups is 1. The SMILES string of the molecule is CCNC(=NCC(CO)c1ccccc1)NCCCn1c(C)nc2ccccc21. The van der Waals surface area contributed by atoms with Crippen molar-refractivity contribution in [1.29, 1.82) is 0 Å². The van der Waals surface area contributed by atoms with E-state index in [1.165, 1.54) is 5.52 Å². The van der Waals surface area contributed by atoms with E-state index in [0.29, 0.717) is 6.54 Å². The first kappa shape index (κ1) is 20.9. The number of rotatable bonds is 9. The lowest BCUT2D eigenvalue weighted by molar-refractivity contribution is 0.268. The van der Waals surface area contributed by atoms with Crippen molar-refractivity contribution < 1.29 is 5.11 Å². The Morgan fingerprint density at radius 2 is 1.86 bits per heavy atom. The van der Waals surface area contributed by atoms with Gasteiger partial charge in [-0.1, -0.05) is 42.5 Å². The average Bonchev–Trinajstić information content (AvgIpc) is 3.07. The maximum absolute atomic E-state index is 9.74. The lowest BCUT2D eigenvalue weighted by atomic mass is 10.0. The summed E-state index contributed by atoms with van der Waals surface area (Å²) in [4.78, 5) is 9.30. The summed E-state index contributed by atoms with van der Waals surface area (Å²) in [6.45, 7) is 7.25. The fraction of sp³-hybridized carbons (Fsp3) is 0.391. The highest BCUT2D eigenvalue weighted by atomic mass is 16.3. The second-order valence-electron chi connectivity index (χ2n) is 7.09. The van der Waals surface area contributed by atoms with Gasteiger partial charge in [-0.2, -0.15) is 0 Å². The topological polar surface area (TPSA) is 74.5 Å². The number of nitrogens with zero attached hydrogens (tertiary/aromatic N) is 3. The molecule has 1 aromatic heterocycles. The van der Waals surface area contributed by atoms with E-state index < -0.39 is 0 Å². The van der Waals surface area contributed by atoms with Crippen LogP contribution in [0.15, 0.2) is 59.6 Å². The highest BCUT2D eigenvalue weighted by Crippen LogP contribution is 2.16. The van der Waals surface area contributed by atoms with Gasteiger partial charge in [0.05, 0.1) is 24.2 Å². The number of nitrogens with one attached hydrogen (secondary N) is 2. The summed E-state index contributed by atoms with van der Waals surface area (Å²) in [5.74, 6) is 1.83. The number of aromatic nitrogens is 2. The Morgan fingerprint density at radius 3 is 2.62 bits per heavy atom. The summed E-state index contributed by atoms with van der Waals surface area (Å²) in [6, 6.07) is 18.3. The largest absolute Gasteiger partial charge is 0.396 e. The van der Waals surface area contributed by atoms with Crippen molar-refractivity contribution in [3.63, 3.8) is 0 Å². The lowest BCUT2D eigenvalue weighted by Crippen LogP contribution is -2.38. The molecular weight excluding hydrogens is 362 g/mol. The van der Waals surface area contributed by atoms with Crippen molar-refractivity contribution in [1.82, 2.24) is 20.2 Å². The molecule has 0 saturated heterocycles. The zero-order valence-electron chi connectivity index (χ0n) is 17.3. The molecule has 0 spiro atoms. The number of hydrogen-bond acceptors (Lipinski definition) is 3. The monoisotopic (exact) mass is 393 g/mol. The molecule has 0 radical (unpaired) electrons. The minimum atomic E-state index is 0.00613. The van der Waals surface area contributed by atoms with Crippen molar-refractivity contribution in [2.45, 2.75) is 32.7 Å². The zero-order valence-corrected chi connectivity index (χ0v) is 17.3. The minimum absolute atomic E-state index is 0.00613. The predicted octanol–water partition coefficient (Wildman–Crippen LogP) is 3.07. The summed E-state index contributed by atoms with van der Waals surface area (Å²) in [7, 11) is 0. The number of fused-ring (bicyclic) bond motifs is 1. The minimum Gasteiger partial charge on any atom is -0.396 e. The second kappa shape index (κ2) is 10.6. The molecule has 0 aliphatic carbocycles. The maximum atomic E-state index is 9.74. The van der Waals surface area contributed by atoms with E-state index in [-0.39, 0.29) is 12.5 Å². The molecule has 0 amide bonds. The van der Waals surface area contributed by atoms with E-state index in [4.69, 9.17) is 0 Å². The first-order valence-corrected chi connectivity index (χ1v) is 10.3. The van der Waals surface area contributed by atoms with Crippen LogP contribution in [-0.2, 0) is 6.54 Å². The average molecular weight is 394 g/mol. The highest BCUT2D eigenvalue weighted by molar-refractivity contribution is 5.79. The van der Waals surface area contributed by atoms with E-state index in [0.717, 1.165) is 48.9 Å². The third kappa shape index (κ3) is 5.57. The summed E-state index contributed by atoms with van der Waals surface area (Å²) >= 11 is 0. The van der Waals surface area contributed by atoms with Crippen molar-refractivity contribution in [3.05, 3.63) is 66.0 Å². The Hall–Kier alpha value is -2.86. The molecule has 3 rings (SSSR count). The summed E-state index contributed by atoms with van der Waals surface area (Å²) in [5.41, 5.74) is 3.33. The molecule has 0 bridgehead atoms. The van der Waals surface area contributed by atoms with Crippen LogP contribution in [-0.4, -0.2) is 46.9 Å². The molecule has 6 heteroatoms. The molecule has 1 heterocycles. The van der Waals surface area contributed by atoms with Gasteiger partial charge in [0.15, 0.2) is 5.96 Å². The smallest absolute Gasteiger partial charge is 0.191 e. The fourth-order valence-corrected chi connectivity index (χ4v) is 3.46. The van der Waals surface area contributed by atoms with Crippen molar-refractivity contribution in [2.24, 2.45) is 4.99 Å². The van der Waals surface area contributed by atoms with Gasteiger partial charge in [-0.05, 0) is 38.0 Å². The molecule has 1 unspecified atom stereocenters. The molecule has 154 valence electrons. The Kier molecular flexibility index (Phi) is 7.64. The van der Waals surface area contributed by atoms with Gasteiger partial charge in [0.2, 0.25) is 0 Å². The van der Waals surface area contributed by atoms with Crippen molar-refractivity contribution >= 4 is 17.0 Å². The summed E-state index contributed by atoms with van der Waals surface area (Å²) in [6.07, 6.45) is 0.966. The number of imidazole rings is 1. The molecule has 3 N–H and O–H groups in total. The molecule has 1 atom stereocenters. The molecule has 0 saturated carbocycles. The zero-order chi connectivity index (χ0) is 20.5. The van der Waals surface area contributed by atoms with Crippen LogP contribution in [0.3, 0.4) is 0 Å². The Labute approximate surface area is 172 Å².